The largest absolute Gasteiger partial charge is 0.472 e. The van der Waals surface area contributed by atoms with Gasteiger partial charge in [-0.15, -0.1) is 0 Å². The monoisotopic (exact) mass is 1450 g/mol. The number of ether oxygens (including phenoxy) is 3. The molecule has 0 heterocycles. The summed E-state index contributed by atoms with van der Waals surface area (Å²) in [6.07, 6.45) is 94.2. The van der Waals surface area contributed by atoms with Gasteiger partial charge in [0, 0.05) is 19.3 Å². The van der Waals surface area contributed by atoms with Crippen molar-refractivity contribution in [3.8, 4) is 0 Å². The molecule has 0 saturated heterocycles. The first-order chi connectivity index (χ1) is 49.2. The molecule has 0 spiro atoms. The van der Waals surface area contributed by atoms with Gasteiger partial charge in [0.2, 0.25) is 0 Å². The van der Waals surface area contributed by atoms with Crippen molar-refractivity contribution in [3.05, 3.63) is 170 Å². The molecule has 0 aliphatic carbocycles. The molecule has 5 atom stereocenters. The highest BCUT2D eigenvalue weighted by Crippen LogP contribution is 2.45. The number of rotatable bonds is 71. The third-order valence-electron chi connectivity index (χ3n) is 15.4. The van der Waals surface area contributed by atoms with Gasteiger partial charge >= 0.3 is 33.6 Å². The lowest BCUT2D eigenvalue weighted by molar-refractivity contribution is -0.161. The van der Waals surface area contributed by atoms with E-state index < -0.39 is 91.5 Å². The van der Waals surface area contributed by atoms with Crippen LogP contribution in [0.25, 0.3) is 0 Å². The first-order valence-corrected chi connectivity index (χ1v) is 41.4. The van der Waals surface area contributed by atoms with Crippen molar-refractivity contribution in [2.24, 2.45) is 0 Å². The summed E-state index contributed by atoms with van der Waals surface area (Å²) in [5.74, 6) is -1.69. The lowest BCUT2D eigenvalue weighted by Crippen LogP contribution is -2.30. The molecular weight excluding hydrogens is 1310 g/mol. The average Bonchev–Trinajstić information content (AvgIpc) is 1.07. The van der Waals surface area contributed by atoms with E-state index in [0.717, 1.165) is 128 Å². The van der Waals surface area contributed by atoms with Crippen molar-refractivity contribution >= 4 is 33.6 Å². The summed E-state index contributed by atoms with van der Waals surface area (Å²) in [6.45, 7) is 2.29. The van der Waals surface area contributed by atoms with Crippen LogP contribution >= 0.6 is 15.6 Å². The highest BCUT2D eigenvalue weighted by molar-refractivity contribution is 7.47. The van der Waals surface area contributed by atoms with Gasteiger partial charge in [0.05, 0.1) is 26.4 Å². The molecule has 0 radical (unpaired) electrons. The topological polar surface area (TPSA) is 231 Å². The Morgan fingerprint density at radius 2 is 0.535 bits per heavy atom. The fraction of sp³-hybridized carbons (Fsp3) is 0.627. The second-order valence-corrected chi connectivity index (χ2v) is 27.9. The normalized spacial score (nSPS) is 15.0. The van der Waals surface area contributed by atoms with Crippen molar-refractivity contribution in [1.29, 1.82) is 0 Å². The van der Waals surface area contributed by atoms with Crippen molar-refractivity contribution in [3.63, 3.8) is 0 Å². The summed E-state index contributed by atoms with van der Waals surface area (Å²) in [5.41, 5.74) is 0. The molecule has 0 aliphatic heterocycles. The molecule has 574 valence electrons. The van der Waals surface area contributed by atoms with Crippen LogP contribution in [0.15, 0.2) is 170 Å². The molecule has 0 rings (SSSR count). The van der Waals surface area contributed by atoms with E-state index in [4.69, 9.17) is 32.3 Å². The van der Waals surface area contributed by atoms with E-state index in [2.05, 4.69) is 179 Å². The number of hydrogen-bond acceptors (Lipinski definition) is 14. The van der Waals surface area contributed by atoms with Crippen LogP contribution in [0.3, 0.4) is 0 Å². The van der Waals surface area contributed by atoms with Gasteiger partial charge in [-0.05, 0) is 148 Å². The Balaban J connectivity index is 4.62. The zero-order valence-electron chi connectivity index (χ0n) is 62.5. The van der Waals surface area contributed by atoms with Gasteiger partial charge in [-0.1, -0.05) is 281 Å². The summed E-state index contributed by atoms with van der Waals surface area (Å²) in [5, 5.41) is 20.6. The highest BCUT2D eigenvalue weighted by atomic mass is 31.2. The van der Waals surface area contributed by atoms with Crippen LogP contribution in [0.2, 0.25) is 0 Å². The van der Waals surface area contributed by atoms with Gasteiger partial charge in [0.15, 0.2) is 6.10 Å². The Bertz CT molecular complexity index is 2520. The second kappa shape index (κ2) is 74.6. The first kappa shape index (κ1) is 95.9. The van der Waals surface area contributed by atoms with Crippen LogP contribution in [0.1, 0.15) is 278 Å². The fourth-order valence-electron chi connectivity index (χ4n) is 9.62. The summed E-state index contributed by atoms with van der Waals surface area (Å²) in [6, 6.07) is 0. The first-order valence-electron chi connectivity index (χ1n) is 38.4. The van der Waals surface area contributed by atoms with Crippen molar-refractivity contribution in [2.75, 3.05) is 39.6 Å². The van der Waals surface area contributed by atoms with Gasteiger partial charge in [0.25, 0.3) is 0 Å². The summed E-state index contributed by atoms with van der Waals surface area (Å²) in [7, 11) is -9.83. The number of esters is 3. The maximum Gasteiger partial charge on any atom is 0.472 e. The van der Waals surface area contributed by atoms with Crippen LogP contribution in [-0.2, 0) is 55.8 Å². The lowest BCUT2D eigenvalue weighted by Gasteiger charge is -2.21. The number of unbranched alkanes of at least 4 members (excludes halogenated alkanes) is 20. The predicted molar refractivity (Wildman–Crippen MR) is 417 cm³/mol. The Morgan fingerprint density at radius 3 is 0.871 bits per heavy atom. The third kappa shape index (κ3) is 75.9. The molecular formula is C83H136O16P2. The summed E-state index contributed by atoms with van der Waals surface area (Å²) in [4.78, 5) is 58.6. The molecule has 101 heavy (non-hydrogen) atoms. The van der Waals surface area contributed by atoms with Gasteiger partial charge in [-0.3, -0.25) is 32.5 Å². The van der Waals surface area contributed by atoms with Gasteiger partial charge in [0.1, 0.15) is 25.4 Å². The van der Waals surface area contributed by atoms with Crippen LogP contribution in [0, 0.1) is 0 Å². The zero-order chi connectivity index (χ0) is 73.7. The molecule has 0 amide bonds. The highest BCUT2D eigenvalue weighted by Gasteiger charge is 2.29. The molecule has 0 aromatic heterocycles. The van der Waals surface area contributed by atoms with Gasteiger partial charge < -0.3 is 34.2 Å². The van der Waals surface area contributed by atoms with Crippen molar-refractivity contribution in [2.45, 2.75) is 296 Å². The summed E-state index contributed by atoms with van der Waals surface area (Å²) >= 11 is 0. The minimum Gasteiger partial charge on any atom is -0.463 e. The number of carbonyl (C=O) groups excluding carboxylic acids is 3. The van der Waals surface area contributed by atoms with E-state index in [1.54, 1.807) is 0 Å². The second-order valence-electron chi connectivity index (χ2n) is 25.0. The SMILES string of the molecule is CC/C=C\C/C=C\C/C=C\C/C=C\C/C=C\CCCCCC(=O)OCC(COP(=O)(O)OCC(O)COP(=O)(O)OCC(O)COC(=O)CCCCCCCCCCCCCCC/C=C\C/C=C\C/C=C\C/C=C\CCCCC)OC(=O)CCC/C=C\C/C=C\C/C=C\C/C=C\C/C=C\CC. The maximum atomic E-state index is 12.9. The molecule has 18 heteroatoms. The Morgan fingerprint density at radius 1 is 0.287 bits per heavy atom. The van der Waals surface area contributed by atoms with Crippen molar-refractivity contribution in [1.82, 2.24) is 0 Å². The minimum atomic E-state index is -4.96. The maximum absolute atomic E-state index is 12.9. The van der Waals surface area contributed by atoms with Crippen LogP contribution in [0.4, 0.5) is 0 Å². The Hall–Kier alpha value is -5.09. The molecule has 0 aromatic carbocycles. The van der Waals surface area contributed by atoms with Crippen LogP contribution in [0.5, 0.6) is 0 Å². The van der Waals surface area contributed by atoms with E-state index in [1.165, 1.54) is 83.5 Å². The summed E-state index contributed by atoms with van der Waals surface area (Å²) < 4.78 is 61.0. The van der Waals surface area contributed by atoms with Crippen molar-refractivity contribution < 1.29 is 75.8 Å². The van der Waals surface area contributed by atoms with Gasteiger partial charge in [-0.2, -0.15) is 0 Å². The number of aliphatic hydroxyl groups excluding tert-OH is 2. The van der Waals surface area contributed by atoms with E-state index in [0.29, 0.717) is 25.7 Å². The lowest BCUT2D eigenvalue weighted by atomic mass is 10.0. The van der Waals surface area contributed by atoms with Gasteiger partial charge in [-0.25, -0.2) is 9.13 Å². The number of phosphoric acid groups is 2. The van der Waals surface area contributed by atoms with E-state index in [1.807, 2.05) is 12.2 Å². The fourth-order valence-corrected chi connectivity index (χ4v) is 11.2. The third-order valence-corrected chi connectivity index (χ3v) is 17.3. The smallest absolute Gasteiger partial charge is 0.463 e. The zero-order valence-corrected chi connectivity index (χ0v) is 64.3. The molecule has 16 nitrogen and oxygen atoms in total. The quantitative estimate of drug-likeness (QED) is 0.0146. The molecule has 0 aliphatic rings. The standard InChI is InChI=1S/C83H136O16P2/c1-4-7-10-13-16-19-22-25-28-31-33-34-35-36-37-38-39-40-41-42-44-47-48-51-54-57-60-63-66-69-81(86)93-72-78(84)73-95-100(89,90)96-74-79(85)75-97-101(91,92)98-77-80(99-83(88)71-68-65-62-59-56-53-50-45-30-27-24-21-18-15-12-9-6-3)76-94-82(87)70-67-64-61-58-55-52-49-46-43-32-29-26-23-20-17-14-11-8-5-2/h8-9,11-12,16-21,25-30,33-34,36-37,43,46,50,52-53,55,59,62,78-80,84-85H,4-7,10,13-15,22-24,31-32,35,38-42,44-45,47-49,51,54,56-58,60-61,63-77H2,1-3H3,(H,89,90)(H,91,92)/b11-8-,12-9-,19-16-,20-17-,21-18-,28-25-,29-26-,30-27-,34-33-,37-36-,46-43-,53-50-,55-52-,62-59-. The number of hydrogen-bond donors (Lipinski definition) is 4. The number of allylic oxidation sites excluding steroid dienone is 28. The van der Waals surface area contributed by atoms with E-state index in [9.17, 15) is 43.5 Å². The molecule has 4 N–H and O–H groups in total. The predicted octanol–water partition coefficient (Wildman–Crippen LogP) is 22.4. The average molecular weight is 1450 g/mol. The number of aliphatic hydroxyl groups is 2. The van der Waals surface area contributed by atoms with Crippen LogP contribution < -0.4 is 0 Å². The number of phosphoric ester groups is 2. The van der Waals surface area contributed by atoms with E-state index >= 15 is 0 Å². The number of carbonyl (C=O) groups is 3. The Kier molecular flexibility index (Phi) is 70.9. The molecule has 0 bridgehead atoms. The van der Waals surface area contributed by atoms with Crippen LogP contribution in [-0.4, -0.2) is 95.9 Å². The van der Waals surface area contributed by atoms with E-state index in [-0.39, 0.29) is 19.3 Å². The molecule has 5 unspecified atom stereocenters. The minimum absolute atomic E-state index is 0.0121. The molecule has 0 fully saturated rings. The Labute approximate surface area is 612 Å². The molecule has 0 saturated carbocycles. The molecule has 0 aromatic rings.